The van der Waals surface area contributed by atoms with Gasteiger partial charge in [-0.1, -0.05) is 48.5 Å². The number of carbonyl (C=O) groups excluding carboxylic acids is 1. The van der Waals surface area contributed by atoms with Crippen molar-refractivity contribution in [3.05, 3.63) is 78.0 Å². The smallest absolute Gasteiger partial charge is 0.315 e. The van der Waals surface area contributed by atoms with Crippen LogP contribution in [-0.4, -0.2) is 47.9 Å². The van der Waals surface area contributed by atoms with E-state index in [9.17, 15) is 4.79 Å². The van der Waals surface area contributed by atoms with Crippen molar-refractivity contribution >= 4 is 22.9 Å². The molecule has 0 aliphatic carbocycles. The van der Waals surface area contributed by atoms with Crippen molar-refractivity contribution in [2.24, 2.45) is 5.92 Å². The lowest BCUT2D eigenvalue weighted by molar-refractivity contribution is -0.134. The Kier molecular flexibility index (Phi) is 8.57. The summed E-state index contributed by atoms with van der Waals surface area (Å²) >= 11 is 0. The number of hydrogen-bond donors (Lipinski definition) is 3. The van der Waals surface area contributed by atoms with Crippen molar-refractivity contribution in [3.63, 3.8) is 0 Å². The van der Waals surface area contributed by atoms with Crippen molar-refractivity contribution in [2.45, 2.75) is 25.8 Å². The molecule has 2 atom stereocenters. The fraction of sp³-hybridized carbons (Fsp3) is 0.320. The molecule has 1 saturated heterocycles. The molecule has 2 heterocycles. The topological polar surface area (TPSA) is 101 Å². The van der Waals surface area contributed by atoms with E-state index in [2.05, 4.69) is 39.9 Å². The number of carboxylic acids is 1. The number of urea groups is 1. The molecule has 1 aliphatic heterocycles. The molecule has 3 aromatic rings. The Morgan fingerprint density at radius 1 is 1.06 bits per heavy atom. The largest absolute Gasteiger partial charge is 0.481 e. The lowest BCUT2D eigenvalue weighted by Crippen LogP contribution is -2.46. The van der Waals surface area contributed by atoms with Crippen LogP contribution in [0.25, 0.3) is 10.9 Å². The summed E-state index contributed by atoms with van der Waals surface area (Å²) in [7, 11) is 0. The van der Waals surface area contributed by atoms with E-state index in [0.29, 0.717) is 19.8 Å². The minimum Gasteiger partial charge on any atom is -0.481 e. The number of ether oxygens (including phenoxy) is 1. The first kappa shape index (κ1) is 23.2. The average Bonchev–Trinajstić information content (AvgIpc) is 3.21. The number of hydrogen-bond acceptors (Lipinski definition) is 4. The first-order chi connectivity index (χ1) is 15.5. The normalized spacial score (nSPS) is 17.3. The van der Waals surface area contributed by atoms with Gasteiger partial charge in [0, 0.05) is 31.0 Å². The minimum absolute atomic E-state index is 0.0173. The molecule has 0 saturated carbocycles. The van der Waals surface area contributed by atoms with Crippen LogP contribution >= 0.6 is 0 Å². The SMILES string of the molecule is CC(=O)O.O=C(NCCc1ccccc1)N[C@@H]1COC[C@H]1Cc1ccnc2ccccc12. The average molecular weight is 436 g/mol. The van der Waals surface area contributed by atoms with Gasteiger partial charge in [-0.15, -0.1) is 0 Å². The van der Waals surface area contributed by atoms with Crippen molar-refractivity contribution in [3.8, 4) is 0 Å². The molecule has 2 amide bonds. The number of carboxylic acid groups (broad SMARTS) is 1. The molecule has 0 bridgehead atoms. The summed E-state index contributed by atoms with van der Waals surface area (Å²) in [5.74, 6) is -0.578. The van der Waals surface area contributed by atoms with Gasteiger partial charge in [-0.05, 0) is 36.1 Å². The van der Waals surface area contributed by atoms with Crippen molar-refractivity contribution < 1.29 is 19.4 Å². The number of carbonyl (C=O) groups is 2. The number of nitrogens with one attached hydrogen (secondary N) is 2. The van der Waals surface area contributed by atoms with Gasteiger partial charge in [-0.25, -0.2) is 4.79 Å². The molecule has 2 aromatic carbocycles. The quantitative estimate of drug-likeness (QED) is 0.551. The van der Waals surface area contributed by atoms with Crippen LogP contribution in [0.1, 0.15) is 18.1 Å². The zero-order valence-electron chi connectivity index (χ0n) is 18.2. The monoisotopic (exact) mass is 435 g/mol. The summed E-state index contributed by atoms with van der Waals surface area (Å²) in [6.45, 7) is 2.91. The molecule has 0 spiro atoms. The van der Waals surface area contributed by atoms with E-state index in [1.165, 1.54) is 16.5 Å². The van der Waals surface area contributed by atoms with Crippen LogP contribution in [0.4, 0.5) is 4.79 Å². The van der Waals surface area contributed by atoms with Crippen LogP contribution in [0.3, 0.4) is 0 Å². The zero-order valence-corrected chi connectivity index (χ0v) is 18.2. The molecule has 32 heavy (non-hydrogen) atoms. The van der Waals surface area contributed by atoms with Crippen LogP contribution < -0.4 is 10.6 Å². The van der Waals surface area contributed by atoms with E-state index in [-0.39, 0.29) is 18.0 Å². The van der Waals surface area contributed by atoms with Gasteiger partial charge >= 0.3 is 6.03 Å². The van der Waals surface area contributed by atoms with Gasteiger partial charge in [0.15, 0.2) is 0 Å². The molecular weight excluding hydrogens is 406 g/mol. The number of aromatic nitrogens is 1. The van der Waals surface area contributed by atoms with Crippen LogP contribution in [0.2, 0.25) is 0 Å². The van der Waals surface area contributed by atoms with E-state index in [4.69, 9.17) is 14.6 Å². The molecular formula is C25H29N3O4. The van der Waals surface area contributed by atoms with Crippen LogP contribution in [0.15, 0.2) is 66.9 Å². The Balaban J connectivity index is 0.000000668. The molecule has 4 rings (SSSR count). The fourth-order valence-electron chi connectivity index (χ4n) is 3.76. The molecule has 3 N–H and O–H groups in total. The lowest BCUT2D eigenvalue weighted by atomic mass is 9.93. The molecule has 1 fully saturated rings. The van der Waals surface area contributed by atoms with Gasteiger partial charge in [0.05, 0.1) is 24.8 Å². The molecule has 7 nitrogen and oxygen atoms in total. The van der Waals surface area contributed by atoms with E-state index in [1.807, 2.05) is 42.6 Å². The van der Waals surface area contributed by atoms with Gasteiger partial charge in [-0.2, -0.15) is 0 Å². The molecule has 0 unspecified atom stereocenters. The van der Waals surface area contributed by atoms with Crippen LogP contribution in [0, 0.1) is 5.92 Å². The maximum absolute atomic E-state index is 12.3. The second kappa shape index (κ2) is 11.8. The highest BCUT2D eigenvalue weighted by Crippen LogP contribution is 2.24. The number of aliphatic carboxylic acids is 1. The Bertz CT molecular complexity index is 1020. The van der Waals surface area contributed by atoms with E-state index < -0.39 is 5.97 Å². The third kappa shape index (κ3) is 7.06. The maximum Gasteiger partial charge on any atom is 0.315 e. The van der Waals surface area contributed by atoms with Gasteiger partial charge < -0.3 is 20.5 Å². The number of nitrogens with zero attached hydrogens (tertiary/aromatic N) is 1. The highest BCUT2D eigenvalue weighted by molar-refractivity contribution is 5.81. The van der Waals surface area contributed by atoms with Crippen LogP contribution in [0.5, 0.6) is 0 Å². The summed E-state index contributed by atoms with van der Waals surface area (Å²) in [5.41, 5.74) is 3.47. The first-order valence-electron chi connectivity index (χ1n) is 10.7. The molecule has 0 radical (unpaired) electrons. The molecule has 168 valence electrons. The maximum atomic E-state index is 12.3. The number of fused-ring (bicyclic) bond motifs is 1. The minimum atomic E-state index is -0.833. The third-order valence-corrected chi connectivity index (χ3v) is 5.28. The summed E-state index contributed by atoms with van der Waals surface area (Å²) in [4.78, 5) is 25.7. The summed E-state index contributed by atoms with van der Waals surface area (Å²) in [5, 5.41) is 14.6. The Morgan fingerprint density at radius 3 is 2.56 bits per heavy atom. The van der Waals surface area contributed by atoms with Gasteiger partial charge in [-0.3, -0.25) is 9.78 Å². The highest BCUT2D eigenvalue weighted by Gasteiger charge is 2.30. The standard InChI is InChI=1S/C23H25N3O2.C2H4O2/c27-23(25-12-10-17-6-2-1-3-7-17)26-22-16-28-15-19(22)14-18-11-13-24-21-9-5-4-8-20(18)21;1-2(3)4/h1-9,11,13,19,22H,10,12,14-16H2,(H2,25,26,27);1H3,(H,3,4)/t19-,22-;/m1./s1. The second-order valence-corrected chi connectivity index (χ2v) is 7.75. The van der Waals surface area contributed by atoms with Gasteiger partial charge in [0.1, 0.15) is 0 Å². The zero-order chi connectivity index (χ0) is 22.8. The van der Waals surface area contributed by atoms with Gasteiger partial charge in [0.2, 0.25) is 0 Å². The Hall–Kier alpha value is -3.45. The van der Waals surface area contributed by atoms with Crippen molar-refractivity contribution in [1.82, 2.24) is 15.6 Å². The first-order valence-corrected chi connectivity index (χ1v) is 10.7. The Morgan fingerprint density at radius 2 is 1.78 bits per heavy atom. The Labute approximate surface area is 187 Å². The number of para-hydroxylation sites is 1. The van der Waals surface area contributed by atoms with E-state index in [0.717, 1.165) is 25.3 Å². The molecule has 7 heteroatoms. The van der Waals surface area contributed by atoms with Crippen LogP contribution in [-0.2, 0) is 22.4 Å². The fourth-order valence-corrected chi connectivity index (χ4v) is 3.76. The number of benzene rings is 2. The predicted octanol–water partition coefficient (Wildman–Crippen LogP) is 3.43. The van der Waals surface area contributed by atoms with E-state index >= 15 is 0 Å². The lowest BCUT2D eigenvalue weighted by Gasteiger charge is -2.20. The second-order valence-electron chi connectivity index (χ2n) is 7.75. The third-order valence-electron chi connectivity index (χ3n) is 5.28. The summed E-state index contributed by atoms with van der Waals surface area (Å²) in [6.07, 6.45) is 3.53. The van der Waals surface area contributed by atoms with Gasteiger partial charge in [0.25, 0.3) is 5.97 Å². The molecule has 1 aromatic heterocycles. The molecule has 1 aliphatic rings. The predicted molar refractivity (Wildman–Crippen MR) is 124 cm³/mol. The summed E-state index contributed by atoms with van der Waals surface area (Å²) in [6, 6.07) is 20.3. The number of amides is 2. The highest BCUT2D eigenvalue weighted by atomic mass is 16.5. The van der Waals surface area contributed by atoms with Crippen molar-refractivity contribution in [2.75, 3.05) is 19.8 Å². The summed E-state index contributed by atoms with van der Waals surface area (Å²) < 4.78 is 5.67. The number of rotatable bonds is 6. The van der Waals surface area contributed by atoms with E-state index in [1.54, 1.807) is 0 Å². The van der Waals surface area contributed by atoms with Crippen molar-refractivity contribution in [1.29, 1.82) is 0 Å². The number of pyridine rings is 1.